The topological polar surface area (TPSA) is 123 Å². The maximum atomic E-state index is 13.4. The Hall–Kier alpha value is -4.48. The van der Waals surface area contributed by atoms with E-state index in [1.165, 1.54) is 12.1 Å². The van der Waals surface area contributed by atoms with Crippen LogP contribution in [0, 0.1) is 5.82 Å². The molecule has 0 amide bonds. The quantitative estimate of drug-likeness (QED) is 0.315. The molecular weight excluding hydrogens is 521 g/mol. The van der Waals surface area contributed by atoms with Gasteiger partial charge in [0.1, 0.15) is 12.1 Å². The van der Waals surface area contributed by atoms with Gasteiger partial charge in [0.25, 0.3) is 0 Å². The Labute approximate surface area is 236 Å². The van der Waals surface area contributed by atoms with Crippen LogP contribution in [0.2, 0.25) is 0 Å². The highest BCUT2D eigenvalue weighted by Gasteiger charge is 2.45. The lowest BCUT2D eigenvalue weighted by Gasteiger charge is -2.28. The van der Waals surface area contributed by atoms with Crippen molar-refractivity contribution in [1.29, 1.82) is 0 Å². The molecule has 10 nitrogen and oxygen atoms in total. The molecule has 208 valence electrons. The number of nitrogens with two attached hydrogens (primary N) is 1. The van der Waals surface area contributed by atoms with Gasteiger partial charge in [0, 0.05) is 54.6 Å². The van der Waals surface area contributed by atoms with E-state index in [2.05, 4.69) is 42.2 Å². The first kappa shape index (κ1) is 25.5. The Morgan fingerprint density at radius 2 is 1.78 bits per heavy atom. The second kappa shape index (κ2) is 9.57. The third-order valence-corrected chi connectivity index (χ3v) is 8.41. The van der Waals surface area contributed by atoms with Gasteiger partial charge in [0.2, 0.25) is 5.95 Å². The number of fused-ring (bicyclic) bond motifs is 1. The molecule has 41 heavy (non-hydrogen) atoms. The van der Waals surface area contributed by atoms with E-state index >= 15 is 0 Å². The zero-order chi connectivity index (χ0) is 28.2. The molecule has 2 aliphatic rings. The molecule has 0 unspecified atom stereocenters. The lowest BCUT2D eigenvalue weighted by Crippen LogP contribution is -2.35. The summed E-state index contributed by atoms with van der Waals surface area (Å²) in [6, 6.07) is 8.28. The molecule has 0 saturated heterocycles. The fourth-order valence-corrected chi connectivity index (χ4v) is 5.45. The third-order valence-electron chi connectivity index (χ3n) is 8.41. The summed E-state index contributed by atoms with van der Waals surface area (Å²) in [6.45, 7) is 3.36. The average molecular weight is 552 g/mol. The number of aliphatic hydroxyl groups is 1. The fraction of sp³-hybridized carbons (Fsp3) is 0.300. The molecular formula is C30H30FN9O. The van der Waals surface area contributed by atoms with Crippen molar-refractivity contribution in [2.75, 3.05) is 24.6 Å². The van der Waals surface area contributed by atoms with Crippen molar-refractivity contribution < 1.29 is 9.50 Å². The van der Waals surface area contributed by atoms with Gasteiger partial charge in [-0.2, -0.15) is 10.2 Å². The molecule has 4 aromatic heterocycles. The van der Waals surface area contributed by atoms with Crippen molar-refractivity contribution >= 4 is 17.0 Å². The van der Waals surface area contributed by atoms with Crippen LogP contribution in [0.4, 0.5) is 10.3 Å². The third kappa shape index (κ3) is 4.47. The SMILES string of the molecule is C[C@](N)(c1ccc(F)cc1)c1cnc(N2CC=C(c3ncnn4cc(-c5cnn(C6(CO)CC6)c5)cc34)CC2)nc1. The van der Waals surface area contributed by atoms with Crippen molar-refractivity contribution in [2.45, 2.75) is 37.3 Å². The van der Waals surface area contributed by atoms with E-state index in [1.807, 2.05) is 34.7 Å². The van der Waals surface area contributed by atoms with Gasteiger partial charge in [-0.05, 0) is 55.5 Å². The number of halogens is 1. The molecule has 1 aromatic carbocycles. The van der Waals surface area contributed by atoms with Crippen LogP contribution in [-0.4, -0.2) is 59.1 Å². The van der Waals surface area contributed by atoms with Gasteiger partial charge in [-0.1, -0.05) is 18.2 Å². The first-order valence-corrected chi connectivity index (χ1v) is 13.7. The first-order chi connectivity index (χ1) is 19.9. The summed E-state index contributed by atoms with van der Waals surface area (Å²) in [5.74, 6) is 0.330. The van der Waals surface area contributed by atoms with E-state index in [4.69, 9.17) is 5.73 Å². The molecule has 0 radical (unpaired) electrons. The highest BCUT2D eigenvalue weighted by atomic mass is 19.1. The Morgan fingerprint density at radius 3 is 2.46 bits per heavy atom. The molecule has 1 saturated carbocycles. The molecule has 1 aliphatic heterocycles. The summed E-state index contributed by atoms with van der Waals surface area (Å²) in [5.41, 5.74) is 12.0. The molecule has 0 spiro atoms. The van der Waals surface area contributed by atoms with Crippen LogP contribution in [0.3, 0.4) is 0 Å². The standard InChI is InChI=1S/C30H30FN9O/c1-29(32,23-2-4-25(31)5-3-23)24-14-33-28(34-15-24)38-10-6-20(7-11-38)27-26-12-21(16-39(26)37-19-35-27)22-13-36-40(17-22)30(18-41)8-9-30/h2-6,12-17,19,41H,7-11,18,32H2,1H3/t29-/m0/s1. The highest BCUT2D eigenvalue weighted by Crippen LogP contribution is 2.43. The van der Waals surface area contributed by atoms with E-state index in [0.29, 0.717) is 12.5 Å². The first-order valence-electron chi connectivity index (χ1n) is 13.7. The van der Waals surface area contributed by atoms with Crippen LogP contribution in [0.15, 0.2) is 73.7 Å². The molecule has 0 bridgehead atoms. The smallest absolute Gasteiger partial charge is 0.225 e. The predicted octanol–water partition coefficient (Wildman–Crippen LogP) is 3.52. The Balaban J connectivity index is 1.09. The number of aliphatic hydroxyl groups excluding tert-OH is 1. The monoisotopic (exact) mass is 551 g/mol. The van der Waals surface area contributed by atoms with Crippen LogP contribution < -0.4 is 10.6 Å². The van der Waals surface area contributed by atoms with Gasteiger partial charge < -0.3 is 15.7 Å². The van der Waals surface area contributed by atoms with Crippen molar-refractivity contribution in [2.24, 2.45) is 5.73 Å². The van der Waals surface area contributed by atoms with E-state index in [0.717, 1.165) is 64.8 Å². The van der Waals surface area contributed by atoms with E-state index in [1.54, 1.807) is 30.9 Å². The minimum absolute atomic E-state index is 0.101. The van der Waals surface area contributed by atoms with Gasteiger partial charge in [-0.3, -0.25) is 4.68 Å². The van der Waals surface area contributed by atoms with Crippen LogP contribution in [0.25, 0.3) is 22.2 Å². The maximum Gasteiger partial charge on any atom is 0.225 e. The summed E-state index contributed by atoms with van der Waals surface area (Å²) in [6.07, 6.45) is 15.7. The lowest BCUT2D eigenvalue weighted by atomic mass is 9.87. The second-order valence-corrected chi connectivity index (χ2v) is 11.1. The van der Waals surface area contributed by atoms with Gasteiger partial charge in [0.15, 0.2) is 0 Å². The van der Waals surface area contributed by atoms with Crippen molar-refractivity contribution in [3.8, 4) is 11.1 Å². The highest BCUT2D eigenvalue weighted by molar-refractivity contribution is 5.80. The average Bonchev–Trinajstić information content (AvgIpc) is 3.42. The fourth-order valence-electron chi connectivity index (χ4n) is 5.45. The minimum atomic E-state index is -0.841. The molecule has 5 aromatic rings. The second-order valence-electron chi connectivity index (χ2n) is 11.1. The van der Waals surface area contributed by atoms with Gasteiger partial charge >= 0.3 is 0 Å². The Morgan fingerprint density at radius 1 is 1.00 bits per heavy atom. The van der Waals surface area contributed by atoms with Crippen molar-refractivity contribution in [1.82, 2.24) is 34.3 Å². The molecule has 1 atom stereocenters. The minimum Gasteiger partial charge on any atom is -0.394 e. The van der Waals surface area contributed by atoms with E-state index in [9.17, 15) is 9.50 Å². The molecule has 11 heteroatoms. The normalized spacial score (nSPS) is 17.9. The number of hydrogen-bond donors (Lipinski definition) is 2. The van der Waals surface area contributed by atoms with Gasteiger partial charge in [0.05, 0.1) is 35.1 Å². The molecule has 1 fully saturated rings. The van der Waals surface area contributed by atoms with Crippen LogP contribution in [0.1, 0.15) is 43.0 Å². The number of aromatic nitrogens is 7. The van der Waals surface area contributed by atoms with E-state index < -0.39 is 5.54 Å². The number of nitrogens with zero attached hydrogens (tertiary/aromatic N) is 8. The van der Waals surface area contributed by atoms with E-state index in [-0.39, 0.29) is 18.0 Å². The molecule has 3 N–H and O–H groups in total. The summed E-state index contributed by atoms with van der Waals surface area (Å²) < 4.78 is 17.1. The zero-order valence-corrected chi connectivity index (χ0v) is 22.7. The van der Waals surface area contributed by atoms with Crippen LogP contribution >= 0.6 is 0 Å². The van der Waals surface area contributed by atoms with Crippen LogP contribution in [0.5, 0.6) is 0 Å². The van der Waals surface area contributed by atoms with Crippen molar-refractivity contribution in [3.63, 3.8) is 0 Å². The van der Waals surface area contributed by atoms with Crippen LogP contribution in [-0.2, 0) is 11.1 Å². The predicted molar refractivity (Wildman–Crippen MR) is 152 cm³/mol. The largest absolute Gasteiger partial charge is 0.394 e. The van der Waals surface area contributed by atoms with Crippen molar-refractivity contribution in [3.05, 3.63) is 96.4 Å². The summed E-state index contributed by atoms with van der Waals surface area (Å²) in [7, 11) is 0. The van der Waals surface area contributed by atoms with Gasteiger partial charge in [-0.25, -0.2) is 23.9 Å². The Bertz CT molecular complexity index is 1750. The number of benzene rings is 1. The summed E-state index contributed by atoms with van der Waals surface area (Å²) in [4.78, 5) is 16.0. The van der Waals surface area contributed by atoms with Gasteiger partial charge in [-0.15, -0.1) is 0 Å². The number of hydrogen-bond acceptors (Lipinski definition) is 8. The number of anilines is 1. The zero-order valence-electron chi connectivity index (χ0n) is 22.7. The maximum absolute atomic E-state index is 13.4. The number of rotatable bonds is 7. The Kier molecular flexibility index (Phi) is 5.95. The summed E-state index contributed by atoms with van der Waals surface area (Å²) >= 11 is 0. The molecule has 7 rings (SSSR count). The summed E-state index contributed by atoms with van der Waals surface area (Å²) in [5, 5.41) is 18.7. The lowest BCUT2D eigenvalue weighted by molar-refractivity contribution is 0.202. The molecule has 5 heterocycles. The molecule has 1 aliphatic carbocycles.